The van der Waals surface area contributed by atoms with Crippen LogP contribution in [0.15, 0.2) is 38.3 Å². The van der Waals surface area contributed by atoms with Crippen LogP contribution in [0.2, 0.25) is 0 Å². The van der Waals surface area contributed by atoms with Crippen molar-refractivity contribution in [2.45, 2.75) is 0 Å². The maximum absolute atomic E-state index is 11.1. The molecule has 0 atom stereocenters. The van der Waals surface area contributed by atoms with Crippen molar-refractivity contribution < 1.29 is 19.5 Å². The van der Waals surface area contributed by atoms with Gasteiger partial charge in [0.1, 0.15) is 17.7 Å². The fourth-order valence-electron chi connectivity index (χ4n) is 1.73. The highest BCUT2D eigenvalue weighted by Crippen LogP contribution is 2.40. The van der Waals surface area contributed by atoms with Gasteiger partial charge in [0.05, 0.1) is 9.85 Å². The highest BCUT2D eigenvalue weighted by molar-refractivity contribution is 9.10. The SMILES string of the molecule is O=[N+]([O-])c1cc(Br)cc([N+](=O)[O-])c1-c1ccc(/C=N\O)o1. The Labute approximate surface area is 124 Å². The summed E-state index contributed by atoms with van der Waals surface area (Å²) in [4.78, 5) is 20.7. The monoisotopic (exact) mass is 355 g/mol. The van der Waals surface area contributed by atoms with Crippen LogP contribution < -0.4 is 0 Å². The summed E-state index contributed by atoms with van der Waals surface area (Å²) < 4.78 is 5.40. The number of halogens is 1. The van der Waals surface area contributed by atoms with Crippen LogP contribution >= 0.6 is 15.9 Å². The molecule has 9 nitrogen and oxygen atoms in total. The third-order valence-electron chi connectivity index (χ3n) is 2.51. The Bertz CT molecular complexity index is 719. The lowest BCUT2D eigenvalue weighted by atomic mass is 10.1. The van der Waals surface area contributed by atoms with Crippen molar-refractivity contribution in [1.29, 1.82) is 0 Å². The van der Waals surface area contributed by atoms with E-state index in [1.807, 2.05) is 0 Å². The van der Waals surface area contributed by atoms with E-state index in [2.05, 4.69) is 21.1 Å². The van der Waals surface area contributed by atoms with Crippen LogP contribution in [0.1, 0.15) is 5.76 Å². The number of rotatable bonds is 4. The Morgan fingerprint density at radius 2 is 1.76 bits per heavy atom. The third kappa shape index (κ3) is 2.89. The van der Waals surface area contributed by atoms with Gasteiger partial charge in [0.15, 0.2) is 5.56 Å². The number of nitro groups is 2. The summed E-state index contributed by atoms with van der Waals surface area (Å²) >= 11 is 2.99. The molecular weight excluding hydrogens is 350 g/mol. The largest absolute Gasteiger partial charge is 0.454 e. The smallest absolute Gasteiger partial charge is 0.288 e. The average molecular weight is 356 g/mol. The van der Waals surface area contributed by atoms with Crippen LogP contribution in [-0.2, 0) is 0 Å². The molecule has 1 aromatic heterocycles. The second-order valence-corrected chi connectivity index (χ2v) is 4.70. The zero-order chi connectivity index (χ0) is 15.6. The van der Waals surface area contributed by atoms with E-state index in [1.54, 1.807) is 0 Å². The molecule has 0 fully saturated rings. The van der Waals surface area contributed by atoms with Crippen LogP contribution in [0, 0.1) is 20.2 Å². The van der Waals surface area contributed by atoms with Gasteiger partial charge in [-0.2, -0.15) is 0 Å². The van der Waals surface area contributed by atoms with Gasteiger partial charge in [-0.15, -0.1) is 0 Å². The summed E-state index contributed by atoms with van der Waals surface area (Å²) in [6.07, 6.45) is 0.958. The highest BCUT2D eigenvalue weighted by Gasteiger charge is 2.29. The summed E-state index contributed by atoms with van der Waals surface area (Å²) in [5.41, 5.74) is -1.21. The first-order valence-corrected chi connectivity index (χ1v) is 6.13. The maximum Gasteiger partial charge on any atom is 0.288 e. The molecule has 0 aliphatic carbocycles. The third-order valence-corrected chi connectivity index (χ3v) is 2.97. The predicted molar refractivity (Wildman–Crippen MR) is 74.5 cm³/mol. The van der Waals surface area contributed by atoms with E-state index in [-0.39, 0.29) is 21.6 Å². The molecule has 0 aliphatic rings. The zero-order valence-electron chi connectivity index (χ0n) is 10.1. The van der Waals surface area contributed by atoms with Crippen molar-refractivity contribution in [3.8, 4) is 11.3 Å². The Morgan fingerprint density at radius 1 is 1.19 bits per heavy atom. The summed E-state index contributed by atoms with van der Waals surface area (Å²) in [5.74, 6) is 0.0230. The highest BCUT2D eigenvalue weighted by atomic mass is 79.9. The molecule has 0 radical (unpaired) electrons. The molecule has 1 N–H and O–H groups in total. The minimum absolute atomic E-state index is 0.0733. The Hall–Kier alpha value is -2.75. The Balaban J connectivity index is 2.74. The van der Waals surface area contributed by atoms with E-state index in [1.165, 1.54) is 12.1 Å². The Kier molecular flexibility index (Phi) is 3.98. The van der Waals surface area contributed by atoms with Crippen molar-refractivity contribution >= 4 is 33.5 Å². The summed E-state index contributed by atoms with van der Waals surface area (Å²) in [6.45, 7) is 0. The van der Waals surface area contributed by atoms with Gasteiger partial charge in [-0.25, -0.2) is 0 Å². The summed E-state index contributed by atoms with van der Waals surface area (Å²) in [7, 11) is 0. The van der Waals surface area contributed by atoms with Crippen molar-refractivity contribution in [2.24, 2.45) is 5.16 Å². The van der Waals surface area contributed by atoms with Gasteiger partial charge in [0.2, 0.25) is 0 Å². The predicted octanol–water partition coefficient (Wildman–Crippen LogP) is 3.33. The molecule has 108 valence electrons. The van der Waals surface area contributed by atoms with E-state index in [0.717, 1.165) is 18.3 Å². The number of nitrogens with zero attached hydrogens (tertiary/aromatic N) is 3. The van der Waals surface area contributed by atoms with Gasteiger partial charge in [0.25, 0.3) is 11.4 Å². The van der Waals surface area contributed by atoms with Crippen LogP contribution in [0.25, 0.3) is 11.3 Å². The van der Waals surface area contributed by atoms with Crippen LogP contribution in [-0.4, -0.2) is 21.3 Å². The van der Waals surface area contributed by atoms with E-state index in [9.17, 15) is 20.2 Å². The molecule has 2 rings (SSSR count). The molecule has 0 bridgehead atoms. The Morgan fingerprint density at radius 3 is 2.24 bits per heavy atom. The molecule has 21 heavy (non-hydrogen) atoms. The average Bonchev–Trinajstić information content (AvgIpc) is 2.86. The molecule has 0 spiro atoms. The number of hydrogen-bond donors (Lipinski definition) is 1. The lowest BCUT2D eigenvalue weighted by molar-refractivity contribution is -0.392. The van der Waals surface area contributed by atoms with E-state index >= 15 is 0 Å². The number of furan rings is 1. The van der Waals surface area contributed by atoms with Gasteiger partial charge in [-0.05, 0) is 12.1 Å². The van der Waals surface area contributed by atoms with E-state index in [0.29, 0.717) is 0 Å². The minimum atomic E-state index is -0.741. The quantitative estimate of drug-likeness (QED) is 0.387. The molecule has 0 amide bonds. The van der Waals surface area contributed by atoms with Crippen LogP contribution in [0.4, 0.5) is 11.4 Å². The molecule has 0 saturated carbocycles. The number of hydrogen-bond acceptors (Lipinski definition) is 7. The number of nitro benzene ring substituents is 2. The van der Waals surface area contributed by atoms with E-state index in [4.69, 9.17) is 9.62 Å². The van der Waals surface area contributed by atoms with E-state index < -0.39 is 21.2 Å². The molecular formula is C11H6BrN3O6. The fraction of sp³-hybridized carbons (Fsp3) is 0. The molecule has 0 unspecified atom stereocenters. The van der Waals surface area contributed by atoms with Gasteiger partial charge >= 0.3 is 0 Å². The summed E-state index contributed by atoms with van der Waals surface area (Å²) in [6, 6.07) is 4.97. The van der Waals surface area contributed by atoms with Crippen molar-refractivity contribution in [3.05, 3.63) is 54.7 Å². The second-order valence-electron chi connectivity index (χ2n) is 3.78. The number of oxime groups is 1. The van der Waals surface area contributed by atoms with Gasteiger partial charge in [0, 0.05) is 16.6 Å². The molecule has 0 saturated heterocycles. The van der Waals surface area contributed by atoms with Gasteiger partial charge in [-0.3, -0.25) is 20.2 Å². The lowest BCUT2D eigenvalue weighted by Crippen LogP contribution is -1.97. The maximum atomic E-state index is 11.1. The number of benzene rings is 1. The first-order chi connectivity index (χ1) is 9.93. The normalized spacial score (nSPS) is 10.9. The standard InChI is InChI=1S/C11H6BrN3O6/c12-6-3-8(14(17)18)11(9(4-6)15(19)20)10-2-1-7(21-10)5-13-16/h1-5,16H/b13-5-. The second kappa shape index (κ2) is 5.71. The molecule has 10 heteroatoms. The minimum Gasteiger partial charge on any atom is -0.454 e. The molecule has 1 aromatic carbocycles. The van der Waals surface area contributed by atoms with Crippen molar-refractivity contribution in [2.75, 3.05) is 0 Å². The zero-order valence-corrected chi connectivity index (χ0v) is 11.7. The molecule has 2 aromatic rings. The molecule has 1 heterocycles. The van der Waals surface area contributed by atoms with Gasteiger partial charge < -0.3 is 9.62 Å². The lowest BCUT2D eigenvalue weighted by Gasteiger charge is -2.02. The summed E-state index contributed by atoms with van der Waals surface area (Å²) in [5, 5.41) is 33.4. The van der Waals surface area contributed by atoms with Crippen LogP contribution in [0.5, 0.6) is 0 Å². The van der Waals surface area contributed by atoms with Gasteiger partial charge in [-0.1, -0.05) is 21.1 Å². The fourth-order valence-corrected chi connectivity index (χ4v) is 2.17. The molecule has 0 aliphatic heterocycles. The van der Waals surface area contributed by atoms with Crippen molar-refractivity contribution in [3.63, 3.8) is 0 Å². The topological polar surface area (TPSA) is 132 Å². The van der Waals surface area contributed by atoms with Crippen LogP contribution in [0.3, 0.4) is 0 Å². The first kappa shape index (κ1) is 14.7. The van der Waals surface area contributed by atoms with Crippen molar-refractivity contribution in [1.82, 2.24) is 0 Å². The first-order valence-electron chi connectivity index (χ1n) is 5.34.